The lowest BCUT2D eigenvalue weighted by Gasteiger charge is -1.99. The van der Waals surface area contributed by atoms with E-state index in [1.807, 2.05) is 25.3 Å². The van der Waals surface area contributed by atoms with Crippen LogP contribution in [0, 0.1) is 13.8 Å². The molecule has 1 rings (SSSR count). The highest BCUT2D eigenvalue weighted by Crippen LogP contribution is 2.08. The summed E-state index contributed by atoms with van der Waals surface area (Å²) in [6.45, 7) is 7.71. The lowest BCUT2D eigenvalue weighted by molar-refractivity contribution is 1.19. The molecule has 0 unspecified atom stereocenters. The normalized spacial score (nSPS) is 10.5. The number of allylic oxidation sites excluding steroid dienone is 2. The maximum absolute atomic E-state index is 4.28. The van der Waals surface area contributed by atoms with E-state index < -0.39 is 0 Å². The van der Waals surface area contributed by atoms with Gasteiger partial charge >= 0.3 is 0 Å². The van der Waals surface area contributed by atoms with Crippen molar-refractivity contribution >= 4 is 6.08 Å². The van der Waals surface area contributed by atoms with Gasteiger partial charge in [-0.2, -0.15) is 0 Å². The van der Waals surface area contributed by atoms with Crippen LogP contribution in [0.15, 0.2) is 31.0 Å². The lowest BCUT2D eigenvalue weighted by Crippen LogP contribution is -1.86. The molecule has 1 aromatic heterocycles. The molecule has 0 aliphatic carbocycles. The smallest absolute Gasteiger partial charge is 0.0658 e. The van der Waals surface area contributed by atoms with E-state index in [0.29, 0.717) is 0 Å². The monoisotopic (exact) mass is 159 g/mol. The Labute approximate surface area is 73.5 Å². The van der Waals surface area contributed by atoms with Crippen molar-refractivity contribution in [3.8, 4) is 0 Å². The first-order valence-electron chi connectivity index (χ1n) is 3.96. The fourth-order valence-electron chi connectivity index (χ4n) is 1.06. The summed E-state index contributed by atoms with van der Waals surface area (Å²) in [5.74, 6) is 0. The molecule has 0 spiro atoms. The number of hydrogen-bond donors (Lipinski definition) is 0. The van der Waals surface area contributed by atoms with Crippen LogP contribution in [-0.2, 0) is 0 Å². The molecule has 1 heterocycles. The molecule has 1 heteroatoms. The molecule has 0 radical (unpaired) electrons. The van der Waals surface area contributed by atoms with E-state index in [2.05, 4.69) is 24.6 Å². The van der Waals surface area contributed by atoms with Crippen molar-refractivity contribution in [2.45, 2.75) is 13.8 Å². The quantitative estimate of drug-likeness (QED) is 0.604. The number of rotatable bonds is 2. The van der Waals surface area contributed by atoms with Crippen LogP contribution < -0.4 is 0 Å². The van der Waals surface area contributed by atoms with Crippen LogP contribution in [0.25, 0.3) is 6.08 Å². The van der Waals surface area contributed by atoms with Crippen LogP contribution in [0.4, 0.5) is 0 Å². The van der Waals surface area contributed by atoms with Crippen molar-refractivity contribution in [3.63, 3.8) is 0 Å². The van der Waals surface area contributed by atoms with E-state index in [9.17, 15) is 0 Å². The molecule has 12 heavy (non-hydrogen) atoms. The van der Waals surface area contributed by atoms with E-state index in [-0.39, 0.29) is 0 Å². The Kier molecular flexibility index (Phi) is 2.81. The van der Waals surface area contributed by atoms with Crippen molar-refractivity contribution in [2.24, 2.45) is 0 Å². The van der Waals surface area contributed by atoms with Gasteiger partial charge in [0.25, 0.3) is 0 Å². The minimum atomic E-state index is 1.01. The van der Waals surface area contributed by atoms with Gasteiger partial charge in [-0.15, -0.1) is 0 Å². The van der Waals surface area contributed by atoms with Gasteiger partial charge in [-0.25, -0.2) is 0 Å². The van der Waals surface area contributed by atoms with Crippen molar-refractivity contribution in [3.05, 3.63) is 47.8 Å². The van der Waals surface area contributed by atoms with E-state index in [4.69, 9.17) is 0 Å². The zero-order chi connectivity index (χ0) is 8.97. The molecule has 0 bridgehead atoms. The number of pyridine rings is 1. The number of aryl methyl sites for hydroxylation is 2. The predicted molar refractivity (Wildman–Crippen MR) is 52.9 cm³/mol. The lowest BCUT2D eigenvalue weighted by atomic mass is 10.1. The fourth-order valence-corrected chi connectivity index (χ4v) is 1.06. The van der Waals surface area contributed by atoms with Crippen molar-refractivity contribution in [2.75, 3.05) is 0 Å². The molecule has 0 saturated heterocycles. The van der Waals surface area contributed by atoms with Gasteiger partial charge in [-0.1, -0.05) is 24.8 Å². The average Bonchev–Trinajstić information content (AvgIpc) is 2.03. The Morgan fingerprint density at radius 1 is 1.42 bits per heavy atom. The van der Waals surface area contributed by atoms with Crippen molar-refractivity contribution < 1.29 is 0 Å². The number of aromatic nitrogens is 1. The first-order chi connectivity index (χ1) is 5.74. The van der Waals surface area contributed by atoms with Gasteiger partial charge in [0.2, 0.25) is 0 Å². The highest BCUT2D eigenvalue weighted by Gasteiger charge is 1.93. The van der Waals surface area contributed by atoms with Crippen molar-refractivity contribution in [1.29, 1.82) is 0 Å². The SMILES string of the molecule is C=CC=Cc1ncc(C)cc1C. The van der Waals surface area contributed by atoms with Gasteiger partial charge in [-0.05, 0) is 31.1 Å². The molecule has 1 aromatic rings. The Morgan fingerprint density at radius 3 is 2.75 bits per heavy atom. The molecule has 1 nitrogen and oxygen atoms in total. The molecule has 0 aliphatic heterocycles. The van der Waals surface area contributed by atoms with E-state index in [0.717, 1.165) is 5.69 Å². The molecule has 0 amide bonds. The van der Waals surface area contributed by atoms with Gasteiger partial charge in [0.15, 0.2) is 0 Å². The van der Waals surface area contributed by atoms with Crippen molar-refractivity contribution in [1.82, 2.24) is 4.98 Å². The zero-order valence-electron chi connectivity index (χ0n) is 7.54. The molecule has 62 valence electrons. The standard InChI is InChI=1S/C11H13N/c1-4-5-6-11-10(3)7-9(2)8-12-11/h4-8H,1H2,2-3H3. The van der Waals surface area contributed by atoms with Gasteiger partial charge in [-0.3, -0.25) is 4.98 Å². The highest BCUT2D eigenvalue weighted by molar-refractivity contribution is 5.50. The minimum Gasteiger partial charge on any atom is -0.256 e. The van der Waals surface area contributed by atoms with Crippen LogP contribution in [0.5, 0.6) is 0 Å². The highest BCUT2D eigenvalue weighted by atomic mass is 14.7. The summed E-state index contributed by atoms with van der Waals surface area (Å²) in [4.78, 5) is 4.28. The Bertz CT molecular complexity index is 311. The third-order valence-electron chi connectivity index (χ3n) is 1.65. The average molecular weight is 159 g/mol. The van der Waals surface area contributed by atoms with E-state index in [1.54, 1.807) is 6.08 Å². The van der Waals surface area contributed by atoms with Gasteiger partial charge in [0.1, 0.15) is 0 Å². The molecule has 0 N–H and O–H groups in total. The largest absolute Gasteiger partial charge is 0.256 e. The zero-order valence-corrected chi connectivity index (χ0v) is 7.54. The summed E-state index contributed by atoms with van der Waals surface area (Å²) in [5, 5.41) is 0. The second kappa shape index (κ2) is 3.86. The molecule has 0 fully saturated rings. The topological polar surface area (TPSA) is 12.9 Å². The third kappa shape index (κ3) is 2.06. The second-order valence-corrected chi connectivity index (χ2v) is 2.81. The van der Waals surface area contributed by atoms with Gasteiger partial charge < -0.3 is 0 Å². The summed E-state index contributed by atoms with van der Waals surface area (Å²) in [6.07, 6.45) is 7.48. The Hall–Kier alpha value is -1.37. The molecule has 0 aliphatic rings. The van der Waals surface area contributed by atoms with Gasteiger partial charge in [0.05, 0.1) is 5.69 Å². The molecule has 0 atom stereocenters. The Morgan fingerprint density at radius 2 is 2.17 bits per heavy atom. The van der Waals surface area contributed by atoms with Crippen LogP contribution in [-0.4, -0.2) is 4.98 Å². The summed E-state index contributed by atoms with van der Waals surface area (Å²) >= 11 is 0. The summed E-state index contributed by atoms with van der Waals surface area (Å²) < 4.78 is 0. The summed E-state index contributed by atoms with van der Waals surface area (Å²) in [6, 6.07) is 2.12. The van der Waals surface area contributed by atoms with Gasteiger partial charge in [0, 0.05) is 6.20 Å². The first-order valence-corrected chi connectivity index (χ1v) is 3.96. The second-order valence-electron chi connectivity index (χ2n) is 2.81. The van der Waals surface area contributed by atoms with E-state index in [1.165, 1.54) is 11.1 Å². The number of nitrogens with zero attached hydrogens (tertiary/aromatic N) is 1. The maximum Gasteiger partial charge on any atom is 0.0658 e. The third-order valence-corrected chi connectivity index (χ3v) is 1.65. The summed E-state index contributed by atoms with van der Waals surface area (Å²) in [5.41, 5.74) is 3.41. The maximum atomic E-state index is 4.28. The number of hydrogen-bond acceptors (Lipinski definition) is 1. The summed E-state index contributed by atoms with van der Waals surface area (Å²) in [7, 11) is 0. The Balaban J connectivity index is 3.01. The first kappa shape index (κ1) is 8.72. The van der Waals surface area contributed by atoms with Crippen LogP contribution >= 0.6 is 0 Å². The molecular weight excluding hydrogens is 146 g/mol. The predicted octanol–water partition coefficient (Wildman–Crippen LogP) is 2.90. The molecular formula is C11H13N. The van der Waals surface area contributed by atoms with Crippen LogP contribution in [0.1, 0.15) is 16.8 Å². The van der Waals surface area contributed by atoms with Crippen LogP contribution in [0.3, 0.4) is 0 Å². The molecule has 0 aromatic carbocycles. The fraction of sp³-hybridized carbons (Fsp3) is 0.182. The minimum absolute atomic E-state index is 1.01. The van der Waals surface area contributed by atoms with E-state index >= 15 is 0 Å². The van der Waals surface area contributed by atoms with Crippen LogP contribution in [0.2, 0.25) is 0 Å². The molecule has 0 saturated carbocycles.